The number of benzene rings is 2. The van der Waals surface area contributed by atoms with Crippen LogP contribution in [-0.2, 0) is 24.3 Å². The first kappa shape index (κ1) is 23.8. The fourth-order valence-corrected chi connectivity index (χ4v) is 5.96. The quantitative estimate of drug-likeness (QED) is 0.417. The van der Waals surface area contributed by atoms with E-state index in [4.69, 9.17) is 0 Å². The van der Waals surface area contributed by atoms with E-state index in [2.05, 4.69) is 4.74 Å². The molecule has 3 rings (SSSR count). The normalized spacial score (nSPS) is 16.8. The molecule has 1 heterocycles. The predicted octanol–water partition coefficient (Wildman–Crippen LogP) is 4.47. The lowest BCUT2D eigenvalue weighted by Crippen LogP contribution is -2.46. The summed E-state index contributed by atoms with van der Waals surface area (Å²) in [5, 5.41) is 0. The Morgan fingerprint density at radius 3 is 2.50 bits per heavy atom. The molecule has 1 amide bonds. The molecule has 2 aromatic rings. The number of esters is 1. The Bertz CT molecular complexity index is 1120. The van der Waals surface area contributed by atoms with Gasteiger partial charge in [0.1, 0.15) is 0 Å². The number of amides is 1. The highest BCUT2D eigenvalue weighted by molar-refractivity contribution is 8.03. The van der Waals surface area contributed by atoms with Gasteiger partial charge < -0.3 is 4.74 Å². The topological polar surface area (TPSA) is 80.8 Å². The van der Waals surface area contributed by atoms with Gasteiger partial charge in [-0.25, -0.2) is 17.5 Å². The average Bonchev–Trinajstić information content (AvgIpc) is 2.77. The molecular formula is C24H25NO5S2. The van der Waals surface area contributed by atoms with Crippen molar-refractivity contribution in [2.45, 2.75) is 42.0 Å². The van der Waals surface area contributed by atoms with E-state index in [0.29, 0.717) is 19.3 Å². The molecule has 1 atom stereocenters. The number of sulfonamides is 1. The molecule has 168 valence electrons. The predicted molar refractivity (Wildman–Crippen MR) is 124 cm³/mol. The summed E-state index contributed by atoms with van der Waals surface area (Å²) < 4.78 is 32.3. The Kier molecular flexibility index (Phi) is 7.93. The van der Waals surface area contributed by atoms with Crippen LogP contribution < -0.4 is 0 Å². The lowest BCUT2D eigenvalue weighted by molar-refractivity contribution is -0.134. The van der Waals surface area contributed by atoms with Gasteiger partial charge in [-0.2, -0.15) is 0 Å². The highest BCUT2D eigenvalue weighted by Gasteiger charge is 2.38. The van der Waals surface area contributed by atoms with E-state index in [1.54, 1.807) is 18.2 Å². The van der Waals surface area contributed by atoms with E-state index in [9.17, 15) is 18.0 Å². The fourth-order valence-electron chi connectivity index (χ4n) is 3.36. The Labute approximate surface area is 193 Å². The summed E-state index contributed by atoms with van der Waals surface area (Å²) >= 11 is 1.46. The van der Waals surface area contributed by atoms with Crippen molar-refractivity contribution in [3.05, 3.63) is 83.3 Å². The van der Waals surface area contributed by atoms with Crippen LogP contribution in [0.2, 0.25) is 0 Å². The number of hydrogen-bond acceptors (Lipinski definition) is 6. The summed E-state index contributed by atoms with van der Waals surface area (Å²) in [5.74, 6) is -1.04. The summed E-state index contributed by atoms with van der Waals surface area (Å²) in [7, 11) is -2.73. The zero-order valence-corrected chi connectivity index (χ0v) is 19.6. The number of hydrogen-bond donors (Lipinski definition) is 0. The Balaban J connectivity index is 1.89. The first-order valence-corrected chi connectivity index (χ1v) is 12.4. The van der Waals surface area contributed by atoms with Crippen molar-refractivity contribution in [3.8, 4) is 0 Å². The van der Waals surface area contributed by atoms with E-state index >= 15 is 0 Å². The molecule has 1 unspecified atom stereocenters. The standard InChI is InChI=1S/C24H25NO5S2/c1-18-12-14-22(15-13-18)32(28,29)25-19(8-6-7-11-24(27)30-2)16-21(17-23(25)26)31-20-9-4-3-5-10-20/h3-5,7,9-15,17,19H,6,8,16H2,1-2H3/b11-7+. The van der Waals surface area contributed by atoms with Crippen LogP contribution in [0.4, 0.5) is 0 Å². The molecule has 1 aliphatic heterocycles. The van der Waals surface area contributed by atoms with E-state index in [-0.39, 0.29) is 4.90 Å². The van der Waals surface area contributed by atoms with Crippen molar-refractivity contribution >= 4 is 33.7 Å². The number of methoxy groups -OCH3 is 1. The van der Waals surface area contributed by atoms with Crippen LogP contribution in [0.15, 0.2) is 87.5 Å². The van der Waals surface area contributed by atoms with Crippen molar-refractivity contribution in [1.29, 1.82) is 0 Å². The van der Waals surface area contributed by atoms with Gasteiger partial charge in [0.25, 0.3) is 15.9 Å². The molecule has 0 fully saturated rings. The third-order valence-corrected chi connectivity index (χ3v) is 7.88. The summed E-state index contributed by atoms with van der Waals surface area (Å²) in [6.07, 6.45) is 5.56. The van der Waals surface area contributed by atoms with Crippen molar-refractivity contribution in [3.63, 3.8) is 0 Å². The van der Waals surface area contributed by atoms with Gasteiger partial charge >= 0.3 is 5.97 Å². The SMILES string of the molecule is COC(=O)/C=C/CCC1CC(Sc2ccccc2)=CC(=O)N1S(=O)(=O)c1ccc(C)cc1. The fraction of sp³-hybridized carbons (Fsp3) is 0.250. The van der Waals surface area contributed by atoms with Crippen LogP contribution in [0.5, 0.6) is 0 Å². The van der Waals surface area contributed by atoms with E-state index < -0.39 is 27.9 Å². The maximum atomic E-state index is 13.3. The molecule has 8 heteroatoms. The lowest BCUT2D eigenvalue weighted by Gasteiger charge is -2.34. The van der Waals surface area contributed by atoms with Gasteiger partial charge in [-0.3, -0.25) is 4.79 Å². The third kappa shape index (κ3) is 5.89. The molecule has 32 heavy (non-hydrogen) atoms. The Morgan fingerprint density at radius 2 is 1.84 bits per heavy atom. The van der Waals surface area contributed by atoms with Crippen LogP contribution in [0.3, 0.4) is 0 Å². The largest absolute Gasteiger partial charge is 0.466 e. The van der Waals surface area contributed by atoms with Gasteiger partial charge in [0.15, 0.2) is 0 Å². The molecule has 0 spiro atoms. The smallest absolute Gasteiger partial charge is 0.330 e. The van der Waals surface area contributed by atoms with Crippen molar-refractivity contribution in [1.82, 2.24) is 4.31 Å². The third-order valence-electron chi connectivity index (χ3n) is 4.96. The minimum Gasteiger partial charge on any atom is -0.466 e. The van der Waals surface area contributed by atoms with Gasteiger partial charge in [0.2, 0.25) is 0 Å². The first-order chi connectivity index (χ1) is 15.3. The van der Waals surface area contributed by atoms with Gasteiger partial charge in [0, 0.05) is 23.5 Å². The molecule has 0 saturated heterocycles. The van der Waals surface area contributed by atoms with E-state index in [1.165, 1.54) is 43.2 Å². The van der Waals surface area contributed by atoms with Crippen molar-refractivity contribution in [2.24, 2.45) is 0 Å². The van der Waals surface area contributed by atoms with Gasteiger partial charge in [-0.1, -0.05) is 53.7 Å². The highest BCUT2D eigenvalue weighted by Crippen LogP contribution is 2.37. The molecular weight excluding hydrogens is 446 g/mol. The zero-order valence-electron chi connectivity index (χ0n) is 17.9. The van der Waals surface area contributed by atoms with Crippen LogP contribution in [0.1, 0.15) is 24.8 Å². The number of thioether (sulfide) groups is 1. The molecule has 2 aromatic carbocycles. The Morgan fingerprint density at radius 1 is 1.16 bits per heavy atom. The summed E-state index contributed by atoms with van der Waals surface area (Å²) in [5.41, 5.74) is 0.930. The molecule has 0 radical (unpaired) electrons. The molecule has 0 bridgehead atoms. The van der Waals surface area contributed by atoms with Crippen LogP contribution in [0.25, 0.3) is 0 Å². The highest BCUT2D eigenvalue weighted by atomic mass is 32.2. The molecule has 0 aromatic heterocycles. The van der Waals surface area contributed by atoms with Crippen LogP contribution >= 0.6 is 11.8 Å². The monoisotopic (exact) mass is 471 g/mol. The molecule has 0 saturated carbocycles. The second-order valence-corrected chi connectivity index (χ2v) is 10.4. The number of nitrogens with zero attached hydrogens (tertiary/aromatic N) is 1. The number of allylic oxidation sites excluding steroid dienone is 1. The number of carbonyl (C=O) groups excluding carboxylic acids is 2. The number of aryl methyl sites for hydroxylation is 1. The minimum atomic E-state index is -4.02. The maximum absolute atomic E-state index is 13.3. The van der Waals surface area contributed by atoms with Gasteiger partial charge in [-0.05, 0) is 48.9 Å². The zero-order chi connectivity index (χ0) is 23.1. The van der Waals surface area contributed by atoms with Crippen LogP contribution in [0, 0.1) is 6.92 Å². The number of carbonyl (C=O) groups is 2. The summed E-state index contributed by atoms with van der Waals surface area (Å²) in [4.78, 5) is 26.2. The average molecular weight is 472 g/mol. The molecule has 0 N–H and O–H groups in total. The van der Waals surface area contributed by atoms with E-state index in [0.717, 1.165) is 19.7 Å². The second-order valence-electron chi connectivity index (χ2n) is 7.34. The molecule has 1 aliphatic rings. The number of ether oxygens (including phenoxy) is 1. The lowest BCUT2D eigenvalue weighted by atomic mass is 10.0. The summed E-state index contributed by atoms with van der Waals surface area (Å²) in [6.45, 7) is 1.87. The molecule has 6 nitrogen and oxygen atoms in total. The Hall–Kier alpha value is -2.84. The number of rotatable bonds is 8. The maximum Gasteiger partial charge on any atom is 0.330 e. The minimum absolute atomic E-state index is 0.0825. The first-order valence-electron chi connectivity index (χ1n) is 10.1. The molecule has 0 aliphatic carbocycles. The summed E-state index contributed by atoms with van der Waals surface area (Å²) in [6, 6.07) is 15.5. The van der Waals surface area contributed by atoms with Gasteiger partial charge in [-0.15, -0.1) is 0 Å². The van der Waals surface area contributed by atoms with Crippen LogP contribution in [-0.4, -0.2) is 37.8 Å². The second kappa shape index (κ2) is 10.7. The van der Waals surface area contributed by atoms with Crippen molar-refractivity contribution < 1.29 is 22.7 Å². The van der Waals surface area contributed by atoms with E-state index in [1.807, 2.05) is 37.3 Å². The van der Waals surface area contributed by atoms with Crippen molar-refractivity contribution in [2.75, 3.05) is 7.11 Å². The van der Waals surface area contributed by atoms with Gasteiger partial charge in [0.05, 0.1) is 18.0 Å².